The fourth-order valence-electron chi connectivity index (χ4n) is 7.28. The van der Waals surface area contributed by atoms with Crippen molar-refractivity contribution in [3.05, 3.63) is 0 Å². The second kappa shape index (κ2) is 3.75. The van der Waals surface area contributed by atoms with Crippen LogP contribution < -0.4 is 0 Å². The van der Waals surface area contributed by atoms with Crippen LogP contribution in [0.15, 0.2) is 0 Å². The van der Waals surface area contributed by atoms with E-state index in [1.807, 2.05) is 0 Å². The lowest BCUT2D eigenvalue weighted by Gasteiger charge is -2.40. The summed E-state index contributed by atoms with van der Waals surface area (Å²) < 4.78 is 0. The predicted molar refractivity (Wildman–Crippen MR) is 73.7 cm³/mol. The van der Waals surface area contributed by atoms with E-state index in [1.54, 1.807) is 44.9 Å². The van der Waals surface area contributed by atoms with E-state index in [4.69, 9.17) is 0 Å². The number of fused-ring (bicyclic) bond motifs is 12. The summed E-state index contributed by atoms with van der Waals surface area (Å²) in [4.78, 5) is 0. The van der Waals surface area contributed by atoms with E-state index in [9.17, 15) is 0 Å². The van der Waals surface area contributed by atoms with Gasteiger partial charge < -0.3 is 0 Å². The highest BCUT2D eigenvalue weighted by Gasteiger charge is 2.65. The van der Waals surface area contributed by atoms with Gasteiger partial charge in [-0.25, -0.2) is 0 Å². The summed E-state index contributed by atoms with van der Waals surface area (Å²) in [7, 11) is 0. The van der Waals surface area contributed by atoms with Crippen LogP contribution in [0.5, 0.6) is 0 Å². The molecule has 0 amide bonds. The predicted octanol–water partition coefficient (Wildman–Crippen LogP) is 4.99. The Kier molecular flexibility index (Phi) is 2.66. The monoisotopic (exact) mass is 234 g/mol. The molecule has 0 aromatic rings. The van der Waals surface area contributed by atoms with Crippen LogP contribution in [0, 0.1) is 47.3 Å². The SMILES string of the molecule is C.C.C1CC2C(C1)C1CC2C2C3CCC(C3)C12. The molecule has 0 spiro atoms. The Balaban J connectivity index is 0.000000451. The molecule has 4 bridgehead atoms. The molecule has 5 rings (SSSR count). The second-order valence-corrected chi connectivity index (χ2v) is 7.31. The molecule has 5 saturated carbocycles. The Morgan fingerprint density at radius 3 is 1.59 bits per heavy atom. The average Bonchev–Trinajstić information content (AvgIpc) is 3.03. The minimum atomic E-state index is 0. The van der Waals surface area contributed by atoms with E-state index in [0.29, 0.717) is 0 Å². The normalized spacial score (nSPS) is 60.7. The van der Waals surface area contributed by atoms with Gasteiger partial charge in [0.2, 0.25) is 0 Å². The maximum absolute atomic E-state index is 1.68. The molecule has 8 unspecified atom stereocenters. The Morgan fingerprint density at radius 2 is 1.06 bits per heavy atom. The van der Waals surface area contributed by atoms with Gasteiger partial charge >= 0.3 is 0 Å². The minimum Gasteiger partial charge on any atom is -0.0776 e. The molecule has 0 aromatic carbocycles. The number of hydrogen-bond donors (Lipinski definition) is 0. The topological polar surface area (TPSA) is 0 Å². The highest BCUT2D eigenvalue weighted by atomic mass is 14.7. The molecular weight excluding hydrogens is 204 g/mol. The van der Waals surface area contributed by atoms with Crippen molar-refractivity contribution in [1.29, 1.82) is 0 Å². The molecule has 0 heterocycles. The zero-order valence-corrected chi connectivity index (χ0v) is 9.57. The number of hydrogen-bond acceptors (Lipinski definition) is 0. The Bertz CT molecular complexity index is 279. The van der Waals surface area contributed by atoms with Crippen molar-refractivity contribution in [3.8, 4) is 0 Å². The first-order valence-corrected chi connectivity index (χ1v) is 7.43. The lowest BCUT2D eigenvalue weighted by atomic mass is 9.64. The summed E-state index contributed by atoms with van der Waals surface area (Å²) in [6.07, 6.45) is 11.4. The third-order valence-electron chi connectivity index (χ3n) is 7.30. The van der Waals surface area contributed by atoms with E-state index in [2.05, 4.69) is 0 Å². The van der Waals surface area contributed by atoms with Crippen LogP contribution in [0.4, 0.5) is 0 Å². The van der Waals surface area contributed by atoms with Gasteiger partial charge in [0, 0.05) is 0 Å². The van der Waals surface area contributed by atoms with E-state index < -0.39 is 0 Å². The molecule has 17 heavy (non-hydrogen) atoms. The van der Waals surface area contributed by atoms with Crippen LogP contribution in [0.3, 0.4) is 0 Å². The molecule has 0 nitrogen and oxygen atoms in total. The molecule has 0 radical (unpaired) electrons. The van der Waals surface area contributed by atoms with Gasteiger partial charge in [-0.2, -0.15) is 0 Å². The Hall–Kier alpha value is 0. The fraction of sp³-hybridized carbons (Fsp3) is 1.00. The summed E-state index contributed by atoms with van der Waals surface area (Å²) in [5.74, 6) is 9.78. The van der Waals surface area contributed by atoms with Crippen molar-refractivity contribution in [2.24, 2.45) is 47.3 Å². The fourth-order valence-corrected chi connectivity index (χ4v) is 7.28. The van der Waals surface area contributed by atoms with Gasteiger partial charge in [-0.1, -0.05) is 21.3 Å². The molecular formula is C17H30. The molecule has 0 aliphatic heterocycles. The highest BCUT2D eigenvalue weighted by Crippen LogP contribution is 2.72. The molecule has 5 fully saturated rings. The third-order valence-corrected chi connectivity index (χ3v) is 7.30. The molecule has 98 valence electrons. The van der Waals surface area contributed by atoms with Gasteiger partial charge in [0.15, 0.2) is 0 Å². The smallest absolute Gasteiger partial charge is 0.0321 e. The lowest BCUT2D eigenvalue weighted by molar-refractivity contribution is 0.0716. The van der Waals surface area contributed by atoms with Crippen molar-refractivity contribution in [2.75, 3.05) is 0 Å². The van der Waals surface area contributed by atoms with Gasteiger partial charge in [0.25, 0.3) is 0 Å². The number of rotatable bonds is 0. The standard InChI is InChI=1S/C15H22.2CH4/c1-2-10-11(3-1)13-7-12(10)14-8-4-5-9(6-8)15(13)14;;/h8-15H,1-7H2;2*1H4. The molecule has 0 N–H and O–H groups in total. The maximum atomic E-state index is 1.68. The van der Waals surface area contributed by atoms with Crippen LogP contribution in [-0.2, 0) is 0 Å². The molecule has 5 aliphatic carbocycles. The van der Waals surface area contributed by atoms with Gasteiger partial charge in [0.1, 0.15) is 0 Å². The van der Waals surface area contributed by atoms with E-state index in [0.717, 1.165) is 0 Å². The maximum Gasteiger partial charge on any atom is -0.0321 e. The van der Waals surface area contributed by atoms with Crippen molar-refractivity contribution in [3.63, 3.8) is 0 Å². The van der Waals surface area contributed by atoms with Gasteiger partial charge in [-0.3, -0.25) is 0 Å². The van der Waals surface area contributed by atoms with E-state index in [-0.39, 0.29) is 14.9 Å². The summed E-state index contributed by atoms with van der Waals surface area (Å²) in [6.45, 7) is 0. The van der Waals surface area contributed by atoms with Crippen LogP contribution >= 0.6 is 0 Å². The largest absolute Gasteiger partial charge is 0.0776 e. The zero-order valence-electron chi connectivity index (χ0n) is 9.57. The first-order chi connectivity index (χ1) is 7.43. The van der Waals surface area contributed by atoms with Crippen LogP contribution in [-0.4, -0.2) is 0 Å². The quantitative estimate of drug-likeness (QED) is 0.518. The average molecular weight is 234 g/mol. The summed E-state index contributed by atoms with van der Waals surface area (Å²) >= 11 is 0. The van der Waals surface area contributed by atoms with Gasteiger partial charge in [-0.15, -0.1) is 0 Å². The van der Waals surface area contributed by atoms with Crippen molar-refractivity contribution in [2.45, 2.75) is 59.8 Å². The van der Waals surface area contributed by atoms with Crippen molar-refractivity contribution >= 4 is 0 Å². The van der Waals surface area contributed by atoms with Gasteiger partial charge in [-0.05, 0) is 85.9 Å². The Labute approximate surface area is 108 Å². The first-order valence-electron chi connectivity index (χ1n) is 7.43. The lowest BCUT2D eigenvalue weighted by Crippen LogP contribution is -2.35. The summed E-state index contributed by atoms with van der Waals surface area (Å²) in [5.41, 5.74) is 0. The zero-order chi connectivity index (χ0) is 9.57. The third kappa shape index (κ3) is 1.21. The molecule has 0 heteroatoms. The first kappa shape index (κ1) is 12.1. The summed E-state index contributed by atoms with van der Waals surface area (Å²) in [6, 6.07) is 0. The molecule has 8 atom stereocenters. The van der Waals surface area contributed by atoms with Gasteiger partial charge in [0.05, 0.1) is 0 Å². The van der Waals surface area contributed by atoms with E-state index >= 15 is 0 Å². The Morgan fingerprint density at radius 1 is 0.529 bits per heavy atom. The second-order valence-electron chi connectivity index (χ2n) is 7.31. The van der Waals surface area contributed by atoms with E-state index in [1.165, 1.54) is 47.3 Å². The van der Waals surface area contributed by atoms with Crippen LogP contribution in [0.2, 0.25) is 0 Å². The van der Waals surface area contributed by atoms with Crippen LogP contribution in [0.25, 0.3) is 0 Å². The molecule has 5 aliphatic rings. The molecule has 0 saturated heterocycles. The van der Waals surface area contributed by atoms with Crippen LogP contribution in [0.1, 0.15) is 59.8 Å². The highest BCUT2D eigenvalue weighted by molar-refractivity contribution is 5.14. The summed E-state index contributed by atoms with van der Waals surface area (Å²) in [5, 5.41) is 0. The molecule has 0 aromatic heterocycles. The minimum absolute atomic E-state index is 0. The van der Waals surface area contributed by atoms with Crippen molar-refractivity contribution < 1.29 is 0 Å². The van der Waals surface area contributed by atoms with Crippen molar-refractivity contribution in [1.82, 2.24) is 0 Å².